The molecular weight excluding hydrogens is 411 g/mol. The first-order valence-electron chi connectivity index (χ1n) is 10.5. The van der Waals surface area contributed by atoms with E-state index in [0.29, 0.717) is 23.4 Å². The third-order valence-electron chi connectivity index (χ3n) is 6.62. The van der Waals surface area contributed by atoms with Gasteiger partial charge in [-0.25, -0.2) is 18.0 Å². The molecule has 0 saturated heterocycles. The fourth-order valence-electron chi connectivity index (χ4n) is 5.11. The van der Waals surface area contributed by atoms with E-state index in [1.807, 2.05) is 6.08 Å². The Kier molecular flexibility index (Phi) is 6.19. The highest BCUT2D eigenvalue weighted by Crippen LogP contribution is 2.49. The summed E-state index contributed by atoms with van der Waals surface area (Å²) in [5, 5.41) is 10.2. The Hall–Kier alpha value is -1.89. The monoisotopic (exact) mass is 437 g/mol. The first kappa shape index (κ1) is 21.3. The average Bonchev–Trinajstić information content (AvgIpc) is 3.32. The maximum atomic E-state index is 14.5. The largest absolute Gasteiger partial charge is 0.478 e. The minimum atomic E-state index is -3.09. The summed E-state index contributed by atoms with van der Waals surface area (Å²) < 4.78 is 42.1. The molecule has 2 saturated carbocycles. The van der Waals surface area contributed by atoms with Gasteiger partial charge in [0.05, 0.1) is 10.6 Å². The summed E-state index contributed by atoms with van der Waals surface area (Å²) >= 11 is 1.19. The topological polar surface area (TPSA) is 40.5 Å². The number of carboxylic acid groups (broad SMARTS) is 1. The van der Waals surface area contributed by atoms with Gasteiger partial charge in [-0.1, -0.05) is 24.6 Å². The van der Waals surface area contributed by atoms with Crippen LogP contribution in [0.15, 0.2) is 47.0 Å². The Labute approximate surface area is 179 Å². The van der Waals surface area contributed by atoms with E-state index >= 15 is 0 Å². The Morgan fingerprint density at radius 2 is 1.97 bits per heavy atom. The highest BCUT2D eigenvalue weighted by molar-refractivity contribution is 8.03. The molecule has 1 heterocycles. The SMILES string of the molecule is O=C(O)C1=C(SCCC(F)(F)c2ccc(F)cc2)N(CC2CC3CCC2C3)CC=C1. The van der Waals surface area contributed by atoms with Crippen LogP contribution in [0.2, 0.25) is 0 Å². The lowest BCUT2D eigenvalue weighted by molar-refractivity contribution is -0.132. The molecule has 1 N–H and O–H groups in total. The highest BCUT2D eigenvalue weighted by Gasteiger charge is 2.40. The molecule has 0 aromatic heterocycles. The van der Waals surface area contributed by atoms with Gasteiger partial charge in [0.15, 0.2) is 0 Å². The lowest BCUT2D eigenvalue weighted by Crippen LogP contribution is -2.34. The molecule has 2 aliphatic carbocycles. The van der Waals surface area contributed by atoms with Crippen molar-refractivity contribution < 1.29 is 23.1 Å². The van der Waals surface area contributed by atoms with Gasteiger partial charge < -0.3 is 10.0 Å². The lowest BCUT2D eigenvalue weighted by Gasteiger charge is -2.34. The zero-order valence-corrected chi connectivity index (χ0v) is 17.5. The van der Waals surface area contributed by atoms with Crippen molar-refractivity contribution in [2.24, 2.45) is 17.8 Å². The minimum absolute atomic E-state index is 0.0809. The first-order valence-corrected chi connectivity index (χ1v) is 11.5. The smallest absolute Gasteiger partial charge is 0.338 e. The van der Waals surface area contributed by atoms with Crippen LogP contribution in [0.1, 0.15) is 37.7 Å². The number of thioether (sulfide) groups is 1. The van der Waals surface area contributed by atoms with Gasteiger partial charge in [0.25, 0.3) is 5.92 Å². The van der Waals surface area contributed by atoms with Crippen molar-refractivity contribution in [3.8, 4) is 0 Å². The normalized spacial score (nSPS) is 26.0. The van der Waals surface area contributed by atoms with Crippen molar-refractivity contribution in [1.29, 1.82) is 0 Å². The zero-order chi connectivity index (χ0) is 21.3. The van der Waals surface area contributed by atoms with E-state index in [9.17, 15) is 23.1 Å². The zero-order valence-electron chi connectivity index (χ0n) is 16.7. The quantitative estimate of drug-likeness (QED) is 0.571. The Morgan fingerprint density at radius 3 is 2.60 bits per heavy atom. The predicted octanol–water partition coefficient (Wildman–Crippen LogP) is 5.65. The van der Waals surface area contributed by atoms with E-state index < -0.39 is 24.1 Å². The molecule has 4 rings (SSSR count). The first-order chi connectivity index (χ1) is 14.3. The Bertz CT molecular complexity index is 853. The van der Waals surface area contributed by atoms with Crippen molar-refractivity contribution in [1.82, 2.24) is 4.90 Å². The van der Waals surface area contributed by atoms with Crippen molar-refractivity contribution in [2.75, 3.05) is 18.8 Å². The molecule has 1 aromatic rings. The second-order valence-corrected chi connectivity index (χ2v) is 9.66. The van der Waals surface area contributed by atoms with Gasteiger partial charge in [-0.3, -0.25) is 0 Å². The summed E-state index contributed by atoms with van der Waals surface area (Å²) in [6.07, 6.45) is 8.00. The number of alkyl halides is 2. The molecule has 3 nitrogen and oxygen atoms in total. The number of halogens is 3. The van der Waals surface area contributed by atoms with Crippen LogP contribution in [0.5, 0.6) is 0 Å². The molecule has 1 aromatic carbocycles. The number of benzene rings is 1. The maximum Gasteiger partial charge on any atom is 0.338 e. The van der Waals surface area contributed by atoms with E-state index in [1.165, 1.54) is 37.4 Å². The Balaban J connectivity index is 1.43. The second kappa shape index (κ2) is 8.69. The van der Waals surface area contributed by atoms with Crippen molar-refractivity contribution in [2.45, 2.75) is 38.0 Å². The molecule has 3 unspecified atom stereocenters. The lowest BCUT2D eigenvalue weighted by atomic mass is 9.88. The third-order valence-corrected chi connectivity index (χ3v) is 7.78. The molecule has 7 heteroatoms. The molecule has 162 valence electrons. The molecule has 0 amide bonds. The summed E-state index contributed by atoms with van der Waals surface area (Å²) in [4.78, 5) is 13.8. The molecule has 0 spiro atoms. The van der Waals surface area contributed by atoms with Gasteiger partial charge in [0, 0.05) is 30.8 Å². The molecule has 3 atom stereocenters. The van der Waals surface area contributed by atoms with Crippen molar-refractivity contribution in [3.05, 3.63) is 58.4 Å². The number of carbonyl (C=O) groups is 1. The number of fused-ring (bicyclic) bond motifs is 2. The summed E-state index contributed by atoms with van der Waals surface area (Å²) in [6.45, 7) is 1.40. The summed E-state index contributed by atoms with van der Waals surface area (Å²) in [6, 6.07) is 4.27. The van der Waals surface area contributed by atoms with Gasteiger partial charge >= 0.3 is 5.97 Å². The average molecular weight is 438 g/mol. The standard InChI is InChI=1S/C23H26F3NO2S/c24-19-7-5-18(6-8-19)23(25,26)9-11-30-21-20(22(28)29)2-1-10-27(21)14-17-13-15-3-4-16(17)12-15/h1-2,5-8,15-17H,3-4,9-14H2,(H,28,29). The fourth-order valence-corrected chi connectivity index (χ4v) is 6.30. The minimum Gasteiger partial charge on any atom is -0.478 e. The molecular formula is C23H26F3NO2S. The predicted molar refractivity (Wildman–Crippen MR) is 112 cm³/mol. The molecule has 0 radical (unpaired) electrons. The number of aliphatic carboxylic acids is 1. The molecule has 2 fully saturated rings. The van der Waals surface area contributed by atoms with Gasteiger partial charge in [-0.2, -0.15) is 0 Å². The van der Waals surface area contributed by atoms with E-state index in [1.54, 1.807) is 6.08 Å². The highest BCUT2D eigenvalue weighted by atomic mass is 32.2. The van der Waals surface area contributed by atoms with Gasteiger partial charge in [-0.05, 0) is 55.2 Å². The van der Waals surface area contributed by atoms with Crippen LogP contribution in [0, 0.1) is 23.6 Å². The summed E-state index contributed by atoms with van der Waals surface area (Å²) in [5.41, 5.74) is -0.0428. The molecule has 3 aliphatic rings. The number of nitrogens with zero attached hydrogens (tertiary/aromatic N) is 1. The number of hydrogen-bond acceptors (Lipinski definition) is 3. The van der Waals surface area contributed by atoms with Crippen LogP contribution in [0.3, 0.4) is 0 Å². The number of carboxylic acids is 1. The van der Waals surface area contributed by atoms with Crippen molar-refractivity contribution >= 4 is 17.7 Å². The maximum absolute atomic E-state index is 14.5. The number of rotatable bonds is 8. The van der Waals surface area contributed by atoms with Crippen LogP contribution >= 0.6 is 11.8 Å². The molecule has 1 aliphatic heterocycles. The van der Waals surface area contributed by atoms with Crippen molar-refractivity contribution in [3.63, 3.8) is 0 Å². The third kappa shape index (κ3) is 4.56. The van der Waals surface area contributed by atoms with E-state index in [-0.39, 0.29) is 16.9 Å². The summed E-state index contributed by atoms with van der Waals surface area (Å²) in [7, 11) is 0. The van der Waals surface area contributed by atoms with Gasteiger partial charge in [-0.15, -0.1) is 11.8 Å². The Morgan fingerprint density at radius 1 is 1.20 bits per heavy atom. The van der Waals surface area contributed by atoms with Crippen LogP contribution in [0.4, 0.5) is 13.2 Å². The van der Waals surface area contributed by atoms with Crippen LogP contribution in [0.25, 0.3) is 0 Å². The second-order valence-electron chi connectivity index (χ2n) is 8.58. The van der Waals surface area contributed by atoms with E-state index in [4.69, 9.17) is 0 Å². The van der Waals surface area contributed by atoms with Crippen LogP contribution in [-0.2, 0) is 10.7 Å². The fraction of sp³-hybridized carbons (Fsp3) is 0.522. The van der Waals surface area contributed by atoms with E-state index in [2.05, 4.69) is 4.90 Å². The van der Waals surface area contributed by atoms with E-state index in [0.717, 1.165) is 36.7 Å². The van der Waals surface area contributed by atoms with Crippen LogP contribution < -0.4 is 0 Å². The number of hydrogen-bond donors (Lipinski definition) is 1. The van der Waals surface area contributed by atoms with Crippen LogP contribution in [-0.4, -0.2) is 34.8 Å². The summed E-state index contributed by atoms with van der Waals surface area (Å²) in [5.74, 6) is -2.53. The molecule has 2 bridgehead atoms. The molecule has 30 heavy (non-hydrogen) atoms. The van der Waals surface area contributed by atoms with Gasteiger partial charge in [0.1, 0.15) is 5.82 Å². The van der Waals surface area contributed by atoms with Gasteiger partial charge in [0.2, 0.25) is 0 Å².